The molecule has 0 aliphatic carbocycles. The molecule has 5 nitrogen and oxygen atoms in total. The van der Waals surface area contributed by atoms with Gasteiger partial charge in [0.2, 0.25) is 0 Å². The first-order valence-electron chi connectivity index (χ1n) is 7.45. The van der Waals surface area contributed by atoms with Crippen molar-refractivity contribution in [3.05, 3.63) is 29.8 Å². The summed E-state index contributed by atoms with van der Waals surface area (Å²) in [6.07, 6.45) is 0. The summed E-state index contributed by atoms with van der Waals surface area (Å²) >= 11 is 3.29. The van der Waals surface area contributed by atoms with Crippen molar-refractivity contribution >= 4 is 34.5 Å². The van der Waals surface area contributed by atoms with Crippen LogP contribution in [0.25, 0.3) is 0 Å². The summed E-state index contributed by atoms with van der Waals surface area (Å²) in [4.78, 5) is 18.3. The number of hydrogen-bond donors (Lipinski definition) is 2. The zero-order valence-electron chi connectivity index (χ0n) is 13.3. The highest BCUT2D eigenvalue weighted by Crippen LogP contribution is 2.44. The Labute approximate surface area is 144 Å². The van der Waals surface area contributed by atoms with Crippen LogP contribution in [0, 0.1) is 0 Å². The average Bonchev–Trinajstić information content (AvgIpc) is 3.02. The molecule has 124 valence electrons. The normalized spacial score (nSPS) is 34.6. The highest BCUT2D eigenvalue weighted by molar-refractivity contribution is 8.15. The Morgan fingerprint density at radius 3 is 2.74 bits per heavy atom. The SMILES string of the molecule is C[C@@H]1SC(c2ccccc2O)=NC1C1SC[C@](C)(C(=O)O)N1C. The minimum absolute atomic E-state index is 0.00535. The summed E-state index contributed by atoms with van der Waals surface area (Å²) in [5, 5.41) is 20.6. The fraction of sp³-hybridized carbons (Fsp3) is 0.500. The third-order valence-electron chi connectivity index (χ3n) is 4.63. The Kier molecular flexibility index (Phi) is 4.37. The van der Waals surface area contributed by atoms with Gasteiger partial charge in [0.25, 0.3) is 0 Å². The second-order valence-electron chi connectivity index (χ2n) is 6.16. The number of thioether (sulfide) groups is 2. The highest BCUT2D eigenvalue weighted by atomic mass is 32.2. The maximum atomic E-state index is 11.6. The highest BCUT2D eigenvalue weighted by Gasteiger charge is 2.51. The van der Waals surface area contributed by atoms with Crippen molar-refractivity contribution in [3.63, 3.8) is 0 Å². The van der Waals surface area contributed by atoms with Gasteiger partial charge in [-0.25, -0.2) is 0 Å². The minimum atomic E-state index is -0.854. The first kappa shape index (κ1) is 16.7. The lowest BCUT2D eigenvalue weighted by Crippen LogP contribution is -2.52. The van der Waals surface area contributed by atoms with Gasteiger partial charge < -0.3 is 10.2 Å². The topological polar surface area (TPSA) is 73.1 Å². The molecule has 0 aromatic heterocycles. The van der Waals surface area contributed by atoms with Gasteiger partial charge in [-0.2, -0.15) is 0 Å². The molecule has 1 aromatic carbocycles. The zero-order chi connectivity index (χ0) is 16.8. The molecule has 2 aliphatic rings. The van der Waals surface area contributed by atoms with Crippen molar-refractivity contribution in [1.29, 1.82) is 0 Å². The summed E-state index contributed by atoms with van der Waals surface area (Å²) in [6, 6.07) is 7.20. The molecule has 0 amide bonds. The molecule has 7 heteroatoms. The predicted molar refractivity (Wildman–Crippen MR) is 95.5 cm³/mol. The van der Waals surface area contributed by atoms with E-state index in [9.17, 15) is 15.0 Å². The van der Waals surface area contributed by atoms with E-state index >= 15 is 0 Å². The fourth-order valence-electron chi connectivity index (χ4n) is 2.88. The van der Waals surface area contributed by atoms with Gasteiger partial charge in [0.05, 0.1) is 11.4 Å². The fourth-order valence-corrected chi connectivity index (χ4v) is 5.94. The van der Waals surface area contributed by atoms with Gasteiger partial charge in [-0.05, 0) is 26.1 Å². The van der Waals surface area contributed by atoms with E-state index < -0.39 is 11.5 Å². The van der Waals surface area contributed by atoms with Crippen LogP contribution >= 0.6 is 23.5 Å². The van der Waals surface area contributed by atoms with Gasteiger partial charge in [0.15, 0.2) is 0 Å². The molecular formula is C16H20N2O3S2. The van der Waals surface area contributed by atoms with Gasteiger partial charge in [0, 0.05) is 16.6 Å². The van der Waals surface area contributed by atoms with E-state index in [4.69, 9.17) is 4.99 Å². The molecule has 0 bridgehead atoms. The number of rotatable bonds is 3. The molecule has 3 rings (SSSR count). The van der Waals surface area contributed by atoms with Crippen LogP contribution in [0.5, 0.6) is 5.75 Å². The number of hydrogen-bond acceptors (Lipinski definition) is 6. The maximum Gasteiger partial charge on any atom is 0.324 e. The molecule has 1 fully saturated rings. The van der Waals surface area contributed by atoms with Crippen LogP contribution in [0.2, 0.25) is 0 Å². The van der Waals surface area contributed by atoms with E-state index in [1.807, 2.05) is 24.1 Å². The molecule has 2 unspecified atom stereocenters. The van der Waals surface area contributed by atoms with Gasteiger partial charge in [0.1, 0.15) is 16.3 Å². The van der Waals surface area contributed by atoms with Gasteiger partial charge >= 0.3 is 5.97 Å². The summed E-state index contributed by atoms with van der Waals surface area (Å²) < 4.78 is 0. The molecule has 4 atom stereocenters. The molecule has 2 aliphatic heterocycles. The number of likely N-dealkylation sites (N-methyl/N-ethyl adjacent to an activating group) is 1. The van der Waals surface area contributed by atoms with Gasteiger partial charge in [-0.3, -0.25) is 14.7 Å². The molecule has 0 radical (unpaired) electrons. The van der Waals surface area contributed by atoms with E-state index in [-0.39, 0.29) is 22.4 Å². The minimum Gasteiger partial charge on any atom is -0.507 e. The molecule has 0 spiro atoms. The van der Waals surface area contributed by atoms with Crippen LogP contribution in [0.1, 0.15) is 19.4 Å². The number of aliphatic imine (C=N–C) groups is 1. The molecule has 0 saturated carbocycles. The third kappa shape index (κ3) is 2.75. The molecule has 2 heterocycles. The van der Waals surface area contributed by atoms with Crippen molar-refractivity contribution < 1.29 is 15.0 Å². The predicted octanol–water partition coefficient (Wildman–Crippen LogP) is 2.49. The van der Waals surface area contributed by atoms with Crippen molar-refractivity contribution in [1.82, 2.24) is 4.90 Å². The van der Waals surface area contributed by atoms with E-state index in [1.165, 1.54) is 0 Å². The van der Waals surface area contributed by atoms with Crippen molar-refractivity contribution in [2.75, 3.05) is 12.8 Å². The number of phenolic OH excluding ortho intramolecular Hbond substituents is 1. The smallest absolute Gasteiger partial charge is 0.324 e. The molecule has 23 heavy (non-hydrogen) atoms. The number of aliphatic carboxylic acids is 1. The van der Waals surface area contributed by atoms with Crippen LogP contribution in [0.15, 0.2) is 29.3 Å². The quantitative estimate of drug-likeness (QED) is 0.871. The lowest BCUT2D eigenvalue weighted by molar-refractivity contribution is -0.147. The largest absolute Gasteiger partial charge is 0.507 e. The van der Waals surface area contributed by atoms with E-state index in [0.717, 1.165) is 10.6 Å². The average molecular weight is 352 g/mol. The Hall–Kier alpha value is -1.18. The molecule has 1 saturated heterocycles. The summed E-state index contributed by atoms with van der Waals surface area (Å²) in [6.45, 7) is 3.87. The number of carbonyl (C=O) groups is 1. The molecular weight excluding hydrogens is 332 g/mol. The second-order valence-corrected chi connectivity index (χ2v) is 8.63. The van der Waals surface area contributed by atoms with Crippen molar-refractivity contribution in [2.45, 2.75) is 36.1 Å². The standard InChI is InChI=1S/C16H20N2O3S2/c1-9-12(14-18(3)16(2,8-22-14)15(20)21)17-13(23-9)10-6-4-5-7-11(10)19/h4-7,9,12,14,19H,8H2,1-3H3,(H,20,21)/t9-,12?,14?,16+/m0/s1. The Bertz CT molecular complexity index is 666. The Morgan fingerprint density at radius 1 is 1.43 bits per heavy atom. The number of carboxylic acid groups (broad SMARTS) is 1. The number of benzene rings is 1. The maximum absolute atomic E-state index is 11.6. The van der Waals surface area contributed by atoms with Crippen molar-refractivity contribution in [2.24, 2.45) is 4.99 Å². The van der Waals surface area contributed by atoms with Gasteiger partial charge in [-0.15, -0.1) is 23.5 Å². The summed E-state index contributed by atoms with van der Waals surface area (Å²) in [7, 11) is 1.86. The number of carboxylic acids is 1. The summed E-state index contributed by atoms with van der Waals surface area (Å²) in [5.41, 5.74) is -0.106. The van der Waals surface area contributed by atoms with Crippen LogP contribution in [0.4, 0.5) is 0 Å². The zero-order valence-corrected chi connectivity index (χ0v) is 14.9. The Morgan fingerprint density at radius 2 is 2.13 bits per heavy atom. The van der Waals surface area contributed by atoms with Gasteiger partial charge in [-0.1, -0.05) is 19.1 Å². The van der Waals surface area contributed by atoms with Crippen LogP contribution in [-0.4, -0.2) is 61.1 Å². The number of para-hydroxylation sites is 1. The number of nitrogens with zero attached hydrogens (tertiary/aromatic N) is 2. The Balaban J connectivity index is 1.87. The van der Waals surface area contributed by atoms with Crippen LogP contribution < -0.4 is 0 Å². The van der Waals surface area contributed by atoms with Crippen molar-refractivity contribution in [3.8, 4) is 5.75 Å². The first-order chi connectivity index (χ1) is 10.8. The molecule has 2 N–H and O–H groups in total. The summed E-state index contributed by atoms with van der Waals surface area (Å²) in [5.74, 6) is -0.00800. The third-order valence-corrected chi connectivity index (χ3v) is 7.49. The van der Waals surface area contributed by atoms with E-state index in [1.54, 1.807) is 42.6 Å². The monoisotopic (exact) mass is 352 g/mol. The molecule has 1 aromatic rings. The second kappa shape index (κ2) is 6.03. The first-order valence-corrected chi connectivity index (χ1v) is 9.38. The van der Waals surface area contributed by atoms with E-state index in [0.29, 0.717) is 5.75 Å². The number of aromatic hydroxyl groups is 1. The van der Waals surface area contributed by atoms with Crippen LogP contribution in [-0.2, 0) is 4.79 Å². The lowest BCUT2D eigenvalue weighted by Gasteiger charge is -2.33. The number of phenols is 1. The van der Waals surface area contributed by atoms with Crippen LogP contribution in [0.3, 0.4) is 0 Å². The lowest BCUT2D eigenvalue weighted by atomic mass is 10.0. The van der Waals surface area contributed by atoms with E-state index in [2.05, 4.69) is 6.92 Å².